The summed E-state index contributed by atoms with van der Waals surface area (Å²) in [6.07, 6.45) is 3.83. The highest BCUT2D eigenvalue weighted by atomic mass is 35.5. The number of nitrogens with zero attached hydrogens (tertiary/aromatic N) is 2. The molecule has 7 nitrogen and oxygen atoms in total. The SMILES string of the molecule is Cc1cc(Cl)ccc1N1C(=O)CN(S(=O)(=O)c2ccccc2)C[C@@]1(C)C(=O)NC1CCCC1. The molecular formula is C24H28ClN3O4S. The van der Waals surface area contributed by atoms with Crippen LogP contribution in [0.25, 0.3) is 0 Å². The molecule has 0 bridgehead atoms. The quantitative estimate of drug-likeness (QED) is 0.696. The van der Waals surface area contributed by atoms with E-state index in [9.17, 15) is 18.0 Å². The second-order valence-electron chi connectivity index (χ2n) is 8.97. The summed E-state index contributed by atoms with van der Waals surface area (Å²) in [7, 11) is -3.96. The van der Waals surface area contributed by atoms with E-state index in [2.05, 4.69) is 5.32 Å². The fourth-order valence-corrected chi connectivity index (χ4v) is 6.46. The number of amides is 2. The maximum absolute atomic E-state index is 13.6. The van der Waals surface area contributed by atoms with Crippen LogP contribution in [0.2, 0.25) is 5.02 Å². The van der Waals surface area contributed by atoms with Crippen LogP contribution in [0.4, 0.5) is 5.69 Å². The highest BCUT2D eigenvalue weighted by Crippen LogP contribution is 2.35. The number of anilines is 1. The molecule has 2 fully saturated rings. The molecule has 1 N–H and O–H groups in total. The smallest absolute Gasteiger partial charge is 0.247 e. The van der Waals surface area contributed by atoms with Gasteiger partial charge in [-0.25, -0.2) is 8.42 Å². The normalized spacial score (nSPS) is 22.5. The number of nitrogens with one attached hydrogen (secondary N) is 1. The zero-order valence-corrected chi connectivity index (χ0v) is 20.3. The van der Waals surface area contributed by atoms with Crippen LogP contribution >= 0.6 is 11.6 Å². The van der Waals surface area contributed by atoms with Crippen molar-refractivity contribution in [3.63, 3.8) is 0 Å². The summed E-state index contributed by atoms with van der Waals surface area (Å²) < 4.78 is 27.8. The average molecular weight is 490 g/mol. The lowest BCUT2D eigenvalue weighted by atomic mass is 9.93. The first-order valence-corrected chi connectivity index (χ1v) is 12.9. The average Bonchev–Trinajstić information content (AvgIpc) is 3.28. The van der Waals surface area contributed by atoms with Crippen molar-refractivity contribution in [2.24, 2.45) is 0 Å². The molecule has 1 heterocycles. The van der Waals surface area contributed by atoms with Gasteiger partial charge >= 0.3 is 0 Å². The molecule has 0 spiro atoms. The van der Waals surface area contributed by atoms with Gasteiger partial charge in [0, 0.05) is 23.3 Å². The molecule has 9 heteroatoms. The number of hydrogen-bond donors (Lipinski definition) is 1. The zero-order chi connectivity index (χ0) is 23.8. The Morgan fingerprint density at radius 2 is 1.79 bits per heavy atom. The van der Waals surface area contributed by atoms with E-state index in [4.69, 9.17) is 11.6 Å². The van der Waals surface area contributed by atoms with Crippen molar-refractivity contribution in [3.8, 4) is 0 Å². The molecule has 0 aromatic heterocycles. The summed E-state index contributed by atoms with van der Waals surface area (Å²) in [5, 5.41) is 3.59. The van der Waals surface area contributed by atoms with Crippen LogP contribution < -0.4 is 10.2 Å². The number of piperazine rings is 1. The van der Waals surface area contributed by atoms with E-state index >= 15 is 0 Å². The third-order valence-corrected chi connectivity index (χ3v) is 8.54. The van der Waals surface area contributed by atoms with Crippen LogP contribution in [-0.2, 0) is 19.6 Å². The molecule has 0 unspecified atom stereocenters. The van der Waals surface area contributed by atoms with Crippen LogP contribution in [0.5, 0.6) is 0 Å². The first-order valence-electron chi connectivity index (χ1n) is 11.1. The predicted molar refractivity (Wildman–Crippen MR) is 128 cm³/mol. The largest absolute Gasteiger partial charge is 0.351 e. The van der Waals surface area contributed by atoms with Crippen LogP contribution in [0.15, 0.2) is 53.4 Å². The van der Waals surface area contributed by atoms with Crippen molar-refractivity contribution in [2.75, 3.05) is 18.0 Å². The summed E-state index contributed by atoms with van der Waals surface area (Å²) in [4.78, 5) is 28.7. The molecule has 0 radical (unpaired) electrons. The Balaban J connectivity index is 1.76. The number of benzene rings is 2. The van der Waals surface area contributed by atoms with Crippen molar-refractivity contribution in [3.05, 3.63) is 59.1 Å². The number of carbonyl (C=O) groups is 2. The van der Waals surface area contributed by atoms with Crippen molar-refractivity contribution >= 4 is 39.1 Å². The summed E-state index contributed by atoms with van der Waals surface area (Å²) >= 11 is 6.12. The minimum atomic E-state index is -3.96. The van der Waals surface area contributed by atoms with Gasteiger partial charge in [-0.15, -0.1) is 0 Å². The lowest BCUT2D eigenvalue weighted by Crippen LogP contribution is -2.70. The Labute approximate surface area is 199 Å². The minimum absolute atomic E-state index is 0.0266. The maximum Gasteiger partial charge on any atom is 0.247 e. The molecule has 2 amide bonds. The standard InChI is InChI=1S/C24H28ClN3O4S/c1-17-14-18(25)12-13-21(17)28-22(29)15-27(33(31,32)20-10-4-3-5-11-20)16-24(28,2)23(30)26-19-8-6-7-9-19/h3-5,10-14,19H,6-9,15-16H2,1-2H3,(H,26,30)/t24-/m0/s1. The van der Waals surface area contributed by atoms with Gasteiger partial charge in [0.15, 0.2) is 0 Å². The van der Waals surface area contributed by atoms with Gasteiger partial charge in [0.1, 0.15) is 5.54 Å². The summed E-state index contributed by atoms with van der Waals surface area (Å²) in [5.74, 6) is -0.819. The molecule has 2 aromatic carbocycles. The molecule has 1 aliphatic heterocycles. The van der Waals surface area contributed by atoms with Crippen LogP contribution in [0, 0.1) is 6.92 Å². The topological polar surface area (TPSA) is 86.8 Å². The van der Waals surface area contributed by atoms with Crippen molar-refractivity contribution in [1.29, 1.82) is 0 Å². The van der Waals surface area contributed by atoms with Gasteiger partial charge in [0.2, 0.25) is 21.8 Å². The summed E-state index contributed by atoms with van der Waals surface area (Å²) in [6.45, 7) is 2.94. The first-order chi connectivity index (χ1) is 15.6. The molecule has 4 rings (SSSR count). The van der Waals surface area contributed by atoms with Gasteiger partial charge in [0.25, 0.3) is 0 Å². The van der Waals surface area contributed by atoms with Gasteiger partial charge in [0.05, 0.1) is 11.4 Å². The van der Waals surface area contributed by atoms with Gasteiger partial charge in [-0.1, -0.05) is 42.6 Å². The fraction of sp³-hybridized carbons (Fsp3) is 0.417. The van der Waals surface area contributed by atoms with E-state index in [-0.39, 0.29) is 29.9 Å². The van der Waals surface area contributed by atoms with Crippen molar-refractivity contribution < 1.29 is 18.0 Å². The first kappa shape index (κ1) is 23.7. The van der Waals surface area contributed by atoms with Gasteiger partial charge < -0.3 is 5.32 Å². The third kappa shape index (κ3) is 4.52. The van der Waals surface area contributed by atoms with E-state index in [1.807, 2.05) is 6.92 Å². The summed E-state index contributed by atoms with van der Waals surface area (Å²) in [6, 6.07) is 13.1. The Hall–Kier alpha value is -2.42. The molecule has 2 aliphatic rings. The molecule has 1 atom stereocenters. The maximum atomic E-state index is 13.6. The number of rotatable bonds is 5. The lowest BCUT2D eigenvalue weighted by molar-refractivity contribution is -0.133. The predicted octanol–water partition coefficient (Wildman–Crippen LogP) is 3.50. The van der Waals surface area contributed by atoms with Crippen molar-refractivity contribution in [1.82, 2.24) is 9.62 Å². The van der Waals surface area contributed by atoms with Crippen LogP contribution in [-0.4, -0.2) is 49.2 Å². The van der Waals surface area contributed by atoms with Gasteiger partial charge in [-0.2, -0.15) is 4.31 Å². The monoisotopic (exact) mass is 489 g/mol. The Bertz CT molecular complexity index is 1170. The van der Waals surface area contributed by atoms with Gasteiger partial charge in [-0.3, -0.25) is 14.5 Å². The Kier molecular flexibility index (Phi) is 6.53. The number of halogens is 1. The van der Waals surface area contributed by atoms with E-state index in [0.29, 0.717) is 10.7 Å². The van der Waals surface area contributed by atoms with Crippen molar-refractivity contribution in [2.45, 2.75) is 56.0 Å². The van der Waals surface area contributed by atoms with Gasteiger partial charge in [-0.05, 0) is 62.6 Å². The number of sulfonamides is 1. The molecule has 176 valence electrons. The highest BCUT2D eigenvalue weighted by molar-refractivity contribution is 7.89. The Morgan fingerprint density at radius 1 is 1.12 bits per heavy atom. The lowest BCUT2D eigenvalue weighted by Gasteiger charge is -2.47. The molecular weight excluding hydrogens is 462 g/mol. The minimum Gasteiger partial charge on any atom is -0.351 e. The van der Waals surface area contributed by atoms with E-state index in [1.165, 1.54) is 17.0 Å². The highest BCUT2D eigenvalue weighted by Gasteiger charge is 2.51. The van der Waals surface area contributed by atoms with E-state index < -0.39 is 21.5 Å². The van der Waals surface area contributed by atoms with Crippen LogP contribution in [0.1, 0.15) is 38.2 Å². The molecule has 33 heavy (non-hydrogen) atoms. The second-order valence-corrected chi connectivity index (χ2v) is 11.3. The molecule has 1 aliphatic carbocycles. The molecule has 1 saturated carbocycles. The summed E-state index contributed by atoms with van der Waals surface area (Å²) in [5.41, 5.74) is -0.154. The zero-order valence-electron chi connectivity index (χ0n) is 18.8. The third-order valence-electron chi connectivity index (χ3n) is 6.50. The van der Waals surface area contributed by atoms with Crippen LogP contribution in [0.3, 0.4) is 0 Å². The molecule has 1 saturated heterocycles. The van der Waals surface area contributed by atoms with E-state index in [0.717, 1.165) is 35.6 Å². The second kappa shape index (κ2) is 9.08. The van der Waals surface area contributed by atoms with E-state index in [1.54, 1.807) is 43.3 Å². The number of aryl methyl sites for hydroxylation is 1. The number of hydrogen-bond acceptors (Lipinski definition) is 4. The fourth-order valence-electron chi connectivity index (χ4n) is 4.73. The Morgan fingerprint density at radius 3 is 2.42 bits per heavy atom. The number of carbonyl (C=O) groups excluding carboxylic acids is 2. The molecule has 2 aromatic rings.